The van der Waals surface area contributed by atoms with E-state index in [0.717, 1.165) is 27.5 Å². The van der Waals surface area contributed by atoms with E-state index in [9.17, 15) is 19.5 Å². The van der Waals surface area contributed by atoms with Gasteiger partial charge in [0.2, 0.25) is 0 Å². The molecule has 8 nitrogen and oxygen atoms in total. The van der Waals surface area contributed by atoms with Crippen molar-refractivity contribution in [3.63, 3.8) is 0 Å². The molecule has 0 spiro atoms. The zero-order chi connectivity index (χ0) is 29.5. The molecule has 8 heteroatoms. The highest BCUT2D eigenvalue weighted by Gasteiger charge is 2.33. The Morgan fingerprint density at radius 3 is 2.36 bits per heavy atom. The number of hydrogen-bond donors (Lipinski definition) is 1. The van der Waals surface area contributed by atoms with Crippen molar-refractivity contribution in [2.75, 3.05) is 19.7 Å². The van der Waals surface area contributed by atoms with Crippen LogP contribution in [0, 0.1) is 0 Å². The molecule has 2 atom stereocenters. The van der Waals surface area contributed by atoms with Crippen LogP contribution in [0.25, 0.3) is 10.8 Å². The van der Waals surface area contributed by atoms with Crippen molar-refractivity contribution >= 4 is 28.8 Å². The molecule has 4 aromatic rings. The van der Waals surface area contributed by atoms with Gasteiger partial charge < -0.3 is 24.2 Å². The average Bonchev–Trinajstić information content (AvgIpc) is 3.00. The van der Waals surface area contributed by atoms with Gasteiger partial charge in [-0.05, 0) is 52.1 Å². The Kier molecular flexibility index (Phi) is 9.14. The van der Waals surface area contributed by atoms with Crippen LogP contribution >= 0.6 is 0 Å². The molecular formula is C34H33NO7. The molecule has 1 N–H and O–H groups in total. The molecule has 5 rings (SSSR count). The van der Waals surface area contributed by atoms with Crippen LogP contribution in [0.5, 0.6) is 5.75 Å². The summed E-state index contributed by atoms with van der Waals surface area (Å²) < 4.78 is 16.9. The Hall–Kier alpha value is -4.69. The molecule has 1 fully saturated rings. The maximum atomic E-state index is 12.6. The number of esters is 2. The van der Waals surface area contributed by atoms with Crippen LogP contribution in [0.3, 0.4) is 0 Å². The van der Waals surface area contributed by atoms with Gasteiger partial charge in [0.05, 0.1) is 25.9 Å². The SMILES string of the molecule is CC(=O)Oc1ccccc1C(=O)OCCc1ccc(C2CCN(C(=O)O)CC2OCc2ccc3ccccc3c2)cc1. The molecule has 0 bridgehead atoms. The van der Waals surface area contributed by atoms with Crippen LogP contribution in [0.15, 0.2) is 91.0 Å². The Morgan fingerprint density at radius 1 is 0.881 bits per heavy atom. The number of piperidine rings is 1. The Labute approximate surface area is 244 Å². The number of carbonyl (C=O) groups is 3. The van der Waals surface area contributed by atoms with E-state index in [2.05, 4.69) is 24.3 Å². The first kappa shape index (κ1) is 28.8. The van der Waals surface area contributed by atoms with Crippen molar-refractivity contribution < 1.29 is 33.7 Å². The van der Waals surface area contributed by atoms with Gasteiger partial charge in [0, 0.05) is 25.8 Å². The van der Waals surface area contributed by atoms with Gasteiger partial charge in [0.25, 0.3) is 0 Å². The van der Waals surface area contributed by atoms with Crippen LogP contribution in [0.1, 0.15) is 46.3 Å². The number of amides is 1. The summed E-state index contributed by atoms with van der Waals surface area (Å²) >= 11 is 0. The lowest BCUT2D eigenvalue weighted by atomic mass is 9.86. The van der Waals surface area contributed by atoms with Crippen molar-refractivity contribution in [3.8, 4) is 5.75 Å². The van der Waals surface area contributed by atoms with E-state index in [1.165, 1.54) is 11.8 Å². The predicted octanol–water partition coefficient (Wildman–Crippen LogP) is 6.22. The normalized spacial score (nSPS) is 16.6. The molecule has 1 saturated heterocycles. The summed E-state index contributed by atoms with van der Waals surface area (Å²) in [6.07, 6.45) is -0.0485. The number of benzene rings is 4. The summed E-state index contributed by atoms with van der Waals surface area (Å²) in [6, 6.07) is 28.9. The third-order valence-electron chi connectivity index (χ3n) is 7.50. The fourth-order valence-electron chi connectivity index (χ4n) is 5.32. The first-order valence-electron chi connectivity index (χ1n) is 14.0. The van der Waals surface area contributed by atoms with E-state index >= 15 is 0 Å². The number of nitrogens with zero attached hydrogens (tertiary/aromatic N) is 1. The van der Waals surface area contributed by atoms with E-state index in [4.69, 9.17) is 14.2 Å². The summed E-state index contributed by atoms with van der Waals surface area (Å²) in [5, 5.41) is 11.9. The second kappa shape index (κ2) is 13.3. The molecule has 0 saturated carbocycles. The number of carbonyl (C=O) groups excluding carboxylic acids is 2. The molecule has 1 heterocycles. The maximum absolute atomic E-state index is 12.6. The minimum atomic E-state index is -0.937. The summed E-state index contributed by atoms with van der Waals surface area (Å²) in [4.78, 5) is 37.0. The summed E-state index contributed by atoms with van der Waals surface area (Å²) in [7, 11) is 0. The molecule has 0 aliphatic carbocycles. The Bertz CT molecular complexity index is 1570. The quantitative estimate of drug-likeness (QED) is 0.189. The van der Waals surface area contributed by atoms with Crippen LogP contribution in [0.4, 0.5) is 4.79 Å². The van der Waals surface area contributed by atoms with E-state index in [-0.39, 0.29) is 29.9 Å². The number of hydrogen-bond acceptors (Lipinski definition) is 6. The molecule has 0 radical (unpaired) electrons. The minimum absolute atomic E-state index is 0.0470. The summed E-state index contributed by atoms with van der Waals surface area (Å²) in [5.41, 5.74) is 3.32. The standard InChI is InChI=1S/C34H33NO7/c1-23(36)42-31-9-5-4-8-30(31)33(37)40-19-17-24-10-14-27(15-11-24)29-16-18-35(34(38)39)21-32(29)41-22-25-12-13-26-6-2-3-7-28(26)20-25/h2-15,20,29,32H,16-19,21-22H2,1H3,(H,38,39). The van der Waals surface area contributed by atoms with Gasteiger partial charge in [-0.2, -0.15) is 0 Å². The topological polar surface area (TPSA) is 102 Å². The summed E-state index contributed by atoms with van der Waals surface area (Å²) in [5.74, 6) is -0.846. The van der Waals surface area contributed by atoms with E-state index in [0.29, 0.717) is 32.5 Å². The fraction of sp³-hybridized carbons (Fsp3) is 0.265. The third kappa shape index (κ3) is 7.14. The van der Waals surface area contributed by atoms with Crippen molar-refractivity contribution in [2.24, 2.45) is 0 Å². The molecule has 1 aliphatic rings. The van der Waals surface area contributed by atoms with Crippen molar-refractivity contribution in [1.82, 2.24) is 4.90 Å². The lowest BCUT2D eigenvalue weighted by molar-refractivity contribution is -0.131. The highest BCUT2D eigenvalue weighted by Crippen LogP contribution is 2.32. The Morgan fingerprint density at radius 2 is 1.60 bits per heavy atom. The second-order valence-electron chi connectivity index (χ2n) is 10.4. The number of rotatable bonds is 9. The van der Waals surface area contributed by atoms with Crippen LogP contribution in [-0.4, -0.2) is 53.8 Å². The summed E-state index contributed by atoms with van der Waals surface area (Å²) in [6.45, 7) is 2.59. The fourth-order valence-corrected chi connectivity index (χ4v) is 5.32. The first-order chi connectivity index (χ1) is 20.4. The average molecular weight is 568 g/mol. The zero-order valence-electron chi connectivity index (χ0n) is 23.4. The number of likely N-dealkylation sites (tertiary alicyclic amines) is 1. The minimum Gasteiger partial charge on any atom is -0.465 e. The van der Waals surface area contributed by atoms with Crippen molar-refractivity contribution in [3.05, 3.63) is 113 Å². The van der Waals surface area contributed by atoms with Crippen LogP contribution in [-0.2, 0) is 27.3 Å². The third-order valence-corrected chi connectivity index (χ3v) is 7.50. The molecule has 42 heavy (non-hydrogen) atoms. The predicted molar refractivity (Wildman–Crippen MR) is 158 cm³/mol. The zero-order valence-corrected chi connectivity index (χ0v) is 23.4. The second-order valence-corrected chi connectivity index (χ2v) is 10.4. The monoisotopic (exact) mass is 567 g/mol. The highest BCUT2D eigenvalue weighted by molar-refractivity contribution is 5.93. The van der Waals surface area contributed by atoms with Gasteiger partial charge in [0.1, 0.15) is 11.3 Å². The largest absolute Gasteiger partial charge is 0.465 e. The molecule has 4 aromatic carbocycles. The number of carboxylic acid groups (broad SMARTS) is 1. The highest BCUT2D eigenvalue weighted by atomic mass is 16.5. The van der Waals surface area contributed by atoms with Gasteiger partial charge in [0.15, 0.2) is 0 Å². The van der Waals surface area contributed by atoms with Crippen LogP contribution < -0.4 is 4.74 Å². The van der Waals surface area contributed by atoms with Crippen molar-refractivity contribution in [1.29, 1.82) is 0 Å². The van der Waals surface area contributed by atoms with Gasteiger partial charge in [-0.25, -0.2) is 9.59 Å². The number of ether oxygens (including phenoxy) is 3. The Balaban J connectivity index is 1.20. The number of para-hydroxylation sites is 1. The lowest BCUT2D eigenvalue weighted by Crippen LogP contribution is -2.46. The molecule has 2 unspecified atom stereocenters. The molecular weight excluding hydrogens is 534 g/mol. The molecule has 1 amide bonds. The first-order valence-corrected chi connectivity index (χ1v) is 14.0. The van der Waals surface area contributed by atoms with Crippen molar-refractivity contribution in [2.45, 2.75) is 38.4 Å². The van der Waals surface area contributed by atoms with Crippen LogP contribution in [0.2, 0.25) is 0 Å². The number of fused-ring (bicyclic) bond motifs is 1. The van der Waals surface area contributed by atoms with E-state index in [1.54, 1.807) is 24.3 Å². The van der Waals surface area contributed by atoms with E-state index < -0.39 is 18.0 Å². The molecule has 216 valence electrons. The lowest BCUT2D eigenvalue weighted by Gasteiger charge is -2.37. The maximum Gasteiger partial charge on any atom is 0.407 e. The molecule has 0 aromatic heterocycles. The van der Waals surface area contributed by atoms with Gasteiger partial charge in [-0.3, -0.25) is 4.79 Å². The van der Waals surface area contributed by atoms with Gasteiger partial charge in [-0.1, -0.05) is 72.8 Å². The smallest absolute Gasteiger partial charge is 0.407 e. The molecule has 1 aliphatic heterocycles. The van der Waals surface area contributed by atoms with E-state index in [1.807, 2.05) is 42.5 Å². The van der Waals surface area contributed by atoms with Gasteiger partial charge in [-0.15, -0.1) is 0 Å². The van der Waals surface area contributed by atoms with Gasteiger partial charge >= 0.3 is 18.0 Å².